The van der Waals surface area contributed by atoms with Crippen molar-refractivity contribution in [2.24, 2.45) is 7.05 Å². The number of aromatic amines is 1. The molecule has 3 aromatic heterocycles. The Morgan fingerprint density at radius 2 is 1.97 bits per heavy atom. The summed E-state index contributed by atoms with van der Waals surface area (Å²) in [4.78, 5) is 5.08. The summed E-state index contributed by atoms with van der Waals surface area (Å²) < 4.78 is 36.6. The average molecular weight is 444 g/mol. The Labute approximate surface area is 184 Å². The predicted molar refractivity (Wildman–Crippen MR) is 113 cm³/mol. The Morgan fingerprint density at radius 3 is 2.62 bits per heavy atom. The zero-order valence-electron chi connectivity index (χ0n) is 18.4. The number of methoxy groups -OCH3 is 1. The van der Waals surface area contributed by atoms with Crippen molar-refractivity contribution in [3.8, 4) is 22.6 Å². The first-order chi connectivity index (χ1) is 15.4. The molecule has 0 aromatic carbocycles. The van der Waals surface area contributed by atoms with E-state index in [4.69, 9.17) is 9.72 Å². The van der Waals surface area contributed by atoms with E-state index < -0.39 is 5.92 Å². The minimum absolute atomic E-state index is 0.198. The van der Waals surface area contributed by atoms with Crippen molar-refractivity contribution in [3.63, 3.8) is 0 Å². The molecule has 1 N–H and O–H groups in total. The predicted octanol–water partition coefficient (Wildman–Crippen LogP) is 3.63. The molecular formula is C22H27F2N7O. The Hall–Kier alpha value is -2.75. The zero-order chi connectivity index (χ0) is 22.3. The van der Waals surface area contributed by atoms with Crippen LogP contribution in [0, 0.1) is 0 Å². The number of hydrogen-bond donors (Lipinski definition) is 1. The zero-order valence-corrected chi connectivity index (χ0v) is 18.4. The van der Waals surface area contributed by atoms with Crippen molar-refractivity contribution in [2.75, 3.05) is 13.7 Å². The van der Waals surface area contributed by atoms with Crippen LogP contribution in [0.4, 0.5) is 8.78 Å². The lowest BCUT2D eigenvalue weighted by Crippen LogP contribution is -2.37. The summed E-state index contributed by atoms with van der Waals surface area (Å²) in [5.74, 6) is -2.42. The maximum Gasteiger partial charge on any atom is 0.252 e. The molecule has 3 aromatic rings. The number of nitrogens with one attached hydrogen (secondary N) is 1. The highest BCUT2D eigenvalue weighted by Crippen LogP contribution is 2.48. The number of H-pyrrole nitrogens is 1. The summed E-state index contributed by atoms with van der Waals surface area (Å²) in [6, 6.07) is 1.85. The van der Waals surface area contributed by atoms with Crippen molar-refractivity contribution in [2.45, 2.75) is 62.7 Å². The first-order valence-corrected chi connectivity index (χ1v) is 11.1. The highest BCUT2D eigenvalue weighted by Gasteiger charge is 2.43. The van der Waals surface area contributed by atoms with E-state index in [9.17, 15) is 8.78 Å². The van der Waals surface area contributed by atoms with Crippen LogP contribution in [0.15, 0.2) is 12.3 Å². The molecular weight excluding hydrogens is 416 g/mol. The molecule has 32 heavy (non-hydrogen) atoms. The van der Waals surface area contributed by atoms with E-state index in [1.807, 2.05) is 13.1 Å². The molecule has 0 bridgehead atoms. The number of ether oxygens (including phenoxy) is 1. The number of hydrogen-bond acceptors (Lipinski definition) is 6. The second kappa shape index (κ2) is 7.99. The molecule has 0 aliphatic heterocycles. The van der Waals surface area contributed by atoms with Crippen LogP contribution in [0.2, 0.25) is 0 Å². The van der Waals surface area contributed by atoms with Gasteiger partial charge in [-0.2, -0.15) is 10.3 Å². The molecule has 0 spiro atoms. The van der Waals surface area contributed by atoms with Crippen LogP contribution in [0.1, 0.15) is 55.5 Å². The van der Waals surface area contributed by atoms with Crippen molar-refractivity contribution in [1.29, 1.82) is 0 Å². The number of aryl methyl sites for hydroxylation is 2. The van der Waals surface area contributed by atoms with Gasteiger partial charge in [0, 0.05) is 49.9 Å². The molecule has 0 radical (unpaired) electrons. The van der Waals surface area contributed by atoms with E-state index in [-0.39, 0.29) is 24.7 Å². The Morgan fingerprint density at radius 1 is 1.16 bits per heavy atom. The average Bonchev–Trinajstić information content (AvgIpc) is 3.45. The number of rotatable bonds is 5. The van der Waals surface area contributed by atoms with Gasteiger partial charge in [0.15, 0.2) is 0 Å². The number of alkyl halides is 2. The van der Waals surface area contributed by atoms with E-state index in [1.165, 1.54) is 0 Å². The lowest BCUT2D eigenvalue weighted by atomic mass is 9.69. The molecule has 170 valence electrons. The van der Waals surface area contributed by atoms with Crippen molar-refractivity contribution >= 4 is 0 Å². The third kappa shape index (κ3) is 3.50. The van der Waals surface area contributed by atoms with Gasteiger partial charge in [0.2, 0.25) is 5.82 Å². The number of tetrazole rings is 1. The standard InChI is InChI=1S/C22H27F2N7O/c1-31-16(7-11-25-31)17-14-12-22(23,24)10-6-15(14)26-19(18(17)20-27-29-30-28-20)21(13-32-2)8-4-3-5-9-21/h7,11H,3-6,8-10,12-13H2,1-2H3,(H,27,28,29,30). The summed E-state index contributed by atoms with van der Waals surface area (Å²) in [5.41, 5.74) is 3.88. The van der Waals surface area contributed by atoms with E-state index in [0.717, 1.165) is 49.2 Å². The lowest BCUT2D eigenvalue weighted by molar-refractivity contribution is -0.0127. The number of aromatic nitrogens is 7. The summed E-state index contributed by atoms with van der Waals surface area (Å²) in [7, 11) is 3.51. The number of halogens is 2. The lowest BCUT2D eigenvalue weighted by Gasteiger charge is -2.39. The van der Waals surface area contributed by atoms with Gasteiger partial charge in [-0.3, -0.25) is 9.67 Å². The fourth-order valence-corrected chi connectivity index (χ4v) is 5.44. The normalized spacial score (nSPS) is 19.6. The van der Waals surface area contributed by atoms with Crippen LogP contribution in [0.25, 0.3) is 22.6 Å². The molecule has 2 aliphatic rings. The fourth-order valence-electron chi connectivity index (χ4n) is 5.44. The molecule has 2 aliphatic carbocycles. The maximum atomic E-state index is 14.6. The van der Waals surface area contributed by atoms with Gasteiger partial charge in [-0.25, -0.2) is 8.78 Å². The van der Waals surface area contributed by atoms with Gasteiger partial charge in [-0.1, -0.05) is 19.3 Å². The maximum absolute atomic E-state index is 14.6. The molecule has 0 saturated heterocycles. The van der Waals surface area contributed by atoms with Crippen molar-refractivity contribution < 1.29 is 13.5 Å². The molecule has 1 fully saturated rings. The van der Waals surface area contributed by atoms with E-state index in [2.05, 4.69) is 25.7 Å². The van der Waals surface area contributed by atoms with Crippen molar-refractivity contribution in [3.05, 3.63) is 29.2 Å². The molecule has 0 amide bonds. The van der Waals surface area contributed by atoms with E-state index in [0.29, 0.717) is 29.1 Å². The van der Waals surface area contributed by atoms with E-state index in [1.54, 1.807) is 18.0 Å². The molecule has 0 unspecified atom stereocenters. The number of pyridine rings is 1. The van der Waals surface area contributed by atoms with Crippen LogP contribution >= 0.6 is 0 Å². The first-order valence-electron chi connectivity index (χ1n) is 11.1. The third-order valence-electron chi connectivity index (χ3n) is 6.93. The molecule has 0 atom stereocenters. The topological polar surface area (TPSA) is 94.4 Å². The van der Waals surface area contributed by atoms with Crippen molar-refractivity contribution in [1.82, 2.24) is 35.4 Å². The second-order valence-corrected chi connectivity index (χ2v) is 9.02. The Bertz CT molecular complexity index is 1100. The monoisotopic (exact) mass is 443 g/mol. The van der Waals surface area contributed by atoms with Gasteiger partial charge in [-0.05, 0) is 36.1 Å². The summed E-state index contributed by atoms with van der Waals surface area (Å²) in [6.07, 6.45) is 6.46. The summed E-state index contributed by atoms with van der Waals surface area (Å²) >= 11 is 0. The molecule has 5 rings (SSSR count). The Kier molecular flexibility index (Phi) is 5.27. The highest BCUT2D eigenvalue weighted by atomic mass is 19.3. The molecule has 8 nitrogen and oxygen atoms in total. The summed E-state index contributed by atoms with van der Waals surface area (Å²) in [6.45, 7) is 0.505. The minimum Gasteiger partial charge on any atom is -0.384 e. The molecule has 3 heterocycles. The van der Waals surface area contributed by atoms with Gasteiger partial charge >= 0.3 is 0 Å². The fraction of sp³-hybridized carbons (Fsp3) is 0.591. The number of nitrogens with zero attached hydrogens (tertiary/aromatic N) is 6. The van der Waals surface area contributed by atoms with Crippen LogP contribution in [0.5, 0.6) is 0 Å². The summed E-state index contributed by atoms with van der Waals surface area (Å²) in [5, 5.41) is 19.2. The largest absolute Gasteiger partial charge is 0.384 e. The highest BCUT2D eigenvalue weighted by molar-refractivity contribution is 5.84. The SMILES string of the molecule is COCC1(c2nc3c(c(-c4ccnn4C)c2-c2nn[nH]n2)CC(F)(F)CC3)CCCCC1. The number of fused-ring (bicyclic) bond motifs is 1. The van der Waals surface area contributed by atoms with Gasteiger partial charge in [-0.15, -0.1) is 10.2 Å². The van der Waals surface area contributed by atoms with Gasteiger partial charge in [0.05, 0.1) is 23.6 Å². The third-order valence-corrected chi connectivity index (χ3v) is 6.93. The Balaban J connectivity index is 1.87. The quantitative estimate of drug-likeness (QED) is 0.647. The van der Waals surface area contributed by atoms with Crippen LogP contribution in [-0.4, -0.2) is 55.0 Å². The van der Waals surface area contributed by atoms with Crippen LogP contribution in [0.3, 0.4) is 0 Å². The van der Waals surface area contributed by atoms with Gasteiger partial charge in [0.1, 0.15) is 0 Å². The van der Waals surface area contributed by atoms with E-state index >= 15 is 0 Å². The first kappa shape index (κ1) is 21.1. The smallest absolute Gasteiger partial charge is 0.252 e. The van der Waals surface area contributed by atoms with Crippen LogP contribution in [-0.2, 0) is 30.0 Å². The van der Waals surface area contributed by atoms with Gasteiger partial charge in [0.25, 0.3) is 5.92 Å². The van der Waals surface area contributed by atoms with Gasteiger partial charge < -0.3 is 4.74 Å². The molecule has 1 saturated carbocycles. The van der Waals surface area contributed by atoms with Crippen LogP contribution < -0.4 is 0 Å². The second-order valence-electron chi connectivity index (χ2n) is 9.02. The minimum atomic E-state index is -2.78. The molecule has 10 heteroatoms.